The summed E-state index contributed by atoms with van der Waals surface area (Å²) >= 11 is 1.15. The SMILES string of the molecule is CN1CCN(c2ccccc2Sc2ccc([C@@H]3C[C@H]3C(=O)NCCCN3CCCC3=O)cc2C(F)(F)F)CC1. The summed E-state index contributed by atoms with van der Waals surface area (Å²) in [5.74, 6) is -0.478. The third-order valence-electron chi connectivity index (χ3n) is 7.87. The normalized spacial score (nSPS) is 21.9. The third kappa shape index (κ3) is 6.72. The highest BCUT2D eigenvalue weighted by atomic mass is 32.2. The molecular weight excluding hydrogens is 525 g/mol. The average molecular weight is 561 g/mol. The summed E-state index contributed by atoms with van der Waals surface area (Å²) in [4.78, 5) is 31.6. The molecule has 1 N–H and O–H groups in total. The van der Waals surface area contributed by atoms with Crippen LogP contribution in [-0.4, -0.2) is 74.5 Å². The smallest absolute Gasteiger partial charge is 0.368 e. The number of likely N-dealkylation sites (N-methyl/N-ethyl adjacent to an activating group) is 1. The topological polar surface area (TPSA) is 55.9 Å². The van der Waals surface area contributed by atoms with Gasteiger partial charge in [-0.25, -0.2) is 0 Å². The first-order chi connectivity index (χ1) is 18.7. The van der Waals surface area contributed by atoms with Gasteiger partial charge >= 0.3 is 6.18 Å². The van der Waals surface area contributed by atoms with E-state index in [0.717, 1.165) is 61.5 Å². The first-order valence-electron chi connectivity index (χ1n) is 13.7. The molecule has 6 nitrogen and oxygen atoms in total. The summed E-state index contributed by atoms with van der Waals surface area (Å²) in [6.45, 7) is 5.35. The number of likely N-dealkylation sites (tertiary alicyclic amines) is 1. The molecule has 0 spiro atoms. The molecule has 1 saturated carbocycles. The van der Waals surface area contributed by atoms with E-state index in [4.69, 9.17) is 0 Å². The number of amides is 2. The lowest BCUT2D eigenvalue weighted by Gasteiger charge is -2.35. The molecule has 0 unspecified atom stereocenters. The van der Waals surface area contributed by atoms with Crippen LogP contribution in [0.25, 0.3) is 0 Å². The zero-order valence-corrected chi connectivity index (χ0v) is 23.0. The number of hydrogen-bond donors (Lipinski definition) is 1. The van der Waals surface area contributed by atoms with Crippen molar-refractivity contribution in [2.75, 3.05) is 57.8 Å². The maximum Gasteiger partial charge on any atom is 0.417 e. The van der Waals surface area contributed by atoms with Crippen LogP contribution in [0.4, 0.5) is 18.9 Å². The van der Waals surface area contributed by atoms with Gasteiger partial charge in [-0.3, -0.25) is 9.59 Å². The molecular formula is C29H35F3N4O2S. The van der Waals surface area contributed by atoms with Crippen LogP contribution in [0.1, 0.15) is 42.7 Å². The Morgan fingerprint density at radius 3 is 2.54 bits per heavy atom. The molecule has 2 atom stereocenters. The van der Waals surface area contributed by atoms with Crippen molar-refractivity contribution in [2.45, 2.75) is 47.6 Å². The van der Waals surface area contributed by atoms with Crippen LogP contribution >= 0.6 is 11.8 Å². The second kappa shape index (κ2) is 11.8. The lowest BCUT2D eigenvalue weighted by atomic mass is 10.0. The van der Waals surface area contributed by atoms with Crippen LogP contribution in [0.2, 0.25) is 0 Å². The summed E-state index contributed by atoms with van der Waals surface area (Å²) in [6.07, 6.45) is -1.80. The van der Waals surface area contributed by atoms with Crippen molar-refractivity contribution in [3.05, 3.63) is 53.6 Å². The number of para-hydroxylation sites is 1. The van der Waals surface area contributed by atoms with Crippen LogP contribution in [0, 0.1) is 5.92 Å². The molecule has 2 aromatic carbocycles. The number of benzene rings is 2. The van der Waals surface area contributed by atoms with E-state index in [1.165, 1.54) is 6.07 Å². The number of alkyl halides is 3. The van der Waals surface area contributed by atoms with Crippen molar-refractivity contribution in [3.8, 4) is 0 Å². The van der Waals surface area contributed by atoms with Crippen molar-refractivity contribution in [2.24, 2.45) is 5.92 Å². The number of hydrogen-bond acceptors (Lipinski definition) is 5. The number of carbonyl (C=O) groups excluding carboxylic acids is 2. The fourth-order valence-electron chi connectivity index (χ4n) is 5.47. The van der Waals surface area contributed by atoms with Crippen LogP contribution in [0.3, 0.4) is 0 Å². The van der Waals surface area contributed by atoms with E-state index in [0.29, 0.717) is 37.9 Å². The first kappa shape index (κ1) is 27.8. The van der Waals surface area contributed by atoms with Gasteiger partial charge in [0.25, 0.3) is 0 Å². The fraction of sp³-hybridized carbons (Fsp3) is 0.517. The van der Waals surface area contributed by atoms with Crippen molar-refractivity contribution in [1.29, 1.82) is 0 Å². The van der Waals surface area contributed by atoms with E-state index >= 15 is 0 Å². The van der Waals surface area contributed by atoms with E-state index in [9.17, 15) is 22.8 Å². The van der Waals surface area contributed by atoms with E-state index in [1.807, 2.05) is 29.2 Å². The predicted octanol–water partition coefficient (Wildman–Crippen LogP) is 4.84. The maximum atomic E-state index is 14.2. The first-order valence-corrected chi connectivity index (χ1v) is 14.5. The molecule has 0 bridgehead atoms. The van der Waals surface area contributed by atoms with Crippen LogP contribution in [-0.2, 0) is 15.8 Å². The molecule has 39 heavy (non-hydrogen) atoms. The van der Waals surface area contributed by atoms with Gasteiger partial charge in [0.05, 0.1) is 11.3 Å². The molecule has 2 aliphatic heterocycles. The Balaban J connectivity index is 1.23. The van der Waals surface area contributed by atoms with E-state index < -0.39 is 11.7 Å². The van der Waals surface area contributed by atoms with Gasteiger partial charge in [-0.2, -0.15) is 13.2 Å². The maximum absolute atomic E-state index is 14.2. The molecule has 0 aromatic heterocycles. The molecule has 1 aliphatic carbocycles. The van der Waals surface area contributed by atoms with Gasteiger partial charge in [0, 0.05) is 67.9 Å². The zero-order valence-electron chi connectivity index (χ0n) is 22.2. The summed E-state index contributed by atoms with van der Waals surface area (Å²) < 4.78 is 42.6. The Labute approximate surface area is 231 Å². The van der Waals surface area contributed by atoms with Crippen molar-refractivity contribution in [1.82, 2.24) is 15.1 Å². The molecule has 210 valence electrons. The molecule has 10 heteroatoms. The van der Waals surface area contributed by atoms with Crippen LogP contribution in [0.15, 0.2) is 52.3 Å². The fourth-order valence-corrected chi connectivity index (χ4v) is 6.57. The summed E-state index contributed by atoms with van der Waals surface area (Å²) in [5.41, 5.74) is 0.863. The molecule has 5 rings (SSSR count). The number of piperazine rings is 1. The molecule has 0 radical (unpaired) electrons. The molecule has 2 heterocycles. The highest BCUT2D eigenvalue weighted by Crippen LogP contribution is 2.50. The minimum atomic E-state index is -4.50. The summed E-state index contributed by atoms with van der Waals surface area (Å²) in [6, 6.07) is 12.2. The monoisotopic (exact) mass is 560 g/mol. The van der Waals surface area contributed by atoms with Crippen LogP contribution < -0.4 is 10.2 Å². The highest BCUT2D eigenvalue weighted by molar-refractivity contribution is 7.99. The molecule has 2 amide bonds. The Bertz CT molecular complexity index is 1200. The Morgan fingerprint density at radius 1 is 1.05 bits per heavy atom. The number of carbonyl (C=O) groups is 2. The number of rotatable bonds is 9. The Hall–Kier alpha value is -2.72. The molecule has 2 aromatic rings. The minimum absolute atomic E-state index is 0.124. The van der Waals surface area contributed by atoms with Gasteiger partial charge in [-0.1, -0.05) is 30.0 Å². The average Bonchev–Trinajstić information content (AvgIpc) is 3.61. The number of nitrogens with zero attached hydrogens (tertiary/aromatic N) is 3. The van der Waals surface area contributed by atoms with Crippen molar-refractivity contribution in [3.63, 3.8) is 0 Å². The summed E-state index contributed by atoms with van der Waals surface area (Å²) in [5, 5.41) is 2.90. The Kier molecular flexibility index (Phi) is 8.42. The lowest BCUT2D eigenvalue weighted by molar-refractivity contribution is -0.139. The van der Waals surface area contributed by atoms with E-state index in [2.05, 4.69) is 22.2 Å². The van der Waals surface area contributed by atoms with Gasteiger partial charge in [0.15, 0.2) is 0 Å². The largest absolute Gasteiger partial charge is 0.417 e. The second-order valence-corrected chi connectivity index (χ2v) is 11.8. The van der Waals surface area contributed by atoms with Crippen molar-refractivity contribution >= 4 is 29.3 Å². The predicted molar refractivity (Wildman–Crippen MR) is 146 cm³/mol. The summed E-state index contributed by atoms with van der Waals surface area (Å²) in [7, 11) is 2.07. The highest BCUT2D eigenvalue weighted by Gasteiger charge is 2.45. The molecule has 3 aliphatic rings. The van der Waals surface area contributed by atoms with Gasteiger partial charge in [0.2, 0.25) is 11.8 Å². The van der Waals surface area contributed by atoms with Gasteiger partial charge in [-0.15, -0.1) is 0 Å². The second-order valence-electron chi connectivity index (χ2n) is 10.7. The molecule has 2 saturated heterocycles. The Morgan fingerprint density at radius 2 is 1.82 bits per heavy atom. The van der Waals surface area contributed by atoms with Gasteiger partial charge < -0.3 is 20.0 Å². The standard InChI is InChI=1S/C29H35F3N4O2S/c1-34-14-16-35(17-15-34)24-6-2-3-7-26(24)39-25-10-9-20(18-23(25)29(30,31)32)21-19-22(21)28(38)33-11-5-13-36-12-4-8-27(36)37/h2-3,6-7,9-10,18,21-22H,4-5,8,11-17,19H2,1H3,(H,33,38)/t21-,22+/m0/s1. The number of nitrogens with one attached hydrogen (secondary N) is 1. The number of anilines is 1. The zero-order chi connectivity index (χ0) is 27.6. The minimum Gasteiger partial charge on any atom is -0.368 e. The van der Waals surface area contributed by atoms with E-state index in [-0.39, 0.29) is 28.5 Å². The van der Waals surface area contributed by atoms with Gasteiger partial charge in [-0.05, 0) is 62.1 Å². The molecule has 3 fully saturated rings. The quantitative estimate of drug-likeness (QED) is 0.445. The lowest BCUT2D eigenvalue weighted by Crippen LogP contribution is -2.44. The third-order valence-corrected chi connectivity index (χ3v) is 9.01. The van der Waals surface area contributed by atoms with Gasteiger partial charge in [0.1, 0.15) is 0 Å². The number of halogens is 3. The van der Waals surface area contributed by atoms with Crippen molar-refractivity contribution < 1.29 is 22.8 Å². The van der Waals surface area contributed by atoms with Crippen LogP contribution in [0.5, 0.6) is 0 Å². The van der Waals surface area contributed by atoms with E-state index in [1.54, 1.807) is 12.1 Å².